The normalized spacial score (nSPS) is 11.3. The van der Waals surface area contributed by atoms with E-state index in [2.05, 4.69) is 26.1 Å². The molecule has 0 aliphatic carbocycles. The standard InChI is InChI=1S/C14H21NO2/c1-5-14(3,4)9-15-13(17)11-8-6-7-10(2)12(11)16/h6-8,16H,5,9H2,1-4H3,(H,15,17). The average Bonchev–Trinajstić information content (AvgIpc) is 2.30. The summed E-state index contributed by atoms with van der Waals surface area (Å²) in [6.07, 6.45) is 0.993. The fourth-order valence-corrected chi connectivity index (χ4v) is 1.38. The third-order valence-corrected chi connectivity index (χ3v) is 3.17. The maximum atomic E-state index is 11.9. The average molecular weight is 235 g/mol. The fourth-order valence-electron chi connectivity index (χ4n) is 1.38. The van der Waals surface area contributed by atoms with Crippen molar-refractivity contribution in [3.8, 4) is 5.75 Å². The number of carbonyl (C=O) groups is 1. The molecule has 1 aromatic rings. The molecule has 3 heteroatoms. The van der Waals surface area contributed by atoms with Gasteiger partial charge in [-0.25, -0.2) is 0 Å². The van der Waals surface area contributed by atoms with Gasteiger partial charge in [-0.1, -0.05) is 32.9 Å². The van der Waals surface area contributed by atoms with Gasteiger partial charge in [0.05, 0.1) is 5.56 Å². The second-order valence-corrected chi connectivity index (χ2v) is 5.17. The lowest BCUT2D eigenvalue weighted by atomic mass is 9.90. The van der Waals surface area contributed by atoms with Crippen LogP contribution in [0.2, 0.25) is 0 Å². The molecule has 3 nitrogen and oxygen atoms in total. The van der Waals surface area contributed by atoms with Crippen molar-refractivity contribution in [1.82, 2.24) is 5.32 Å². The molecule has 1 rings (SSSR count). The smallest absolute Gasteiger partial charge is 0.255 e. The Morgan fingerprint density at radius 1 is 1.41 bits per heavy atom. The highest BCUT2D eigenvalue weighted by Crippen LogP contribution is 2.22. The monoisotopic (exact) mass is 235 g/mol. The molecule has 0 bridgehead atoms. The minimum atomic E-state index is -0.215. The van der Waals surface area contributed by atoms with E-state index in [1.807, 2.05) is 0 Å². The van der Waals surface area contributed by atoms with Crippen LogP contribution in [0.4, 0.5) is 0 Å². The predicted octanol–water partition coefficient (Wildman–Crippen LogP) is 2.87. The van der Waals surface area contributed by atoms with E-state index in [1.165, 1.54) is 0 Å². The number of benzene rings is 1. The molecule has 0 spiro atoms. The van der Waals surface area contributed by atoms with Gasteiger partial charge in [0, 0.05) is 6.54 Å². The van der Waals surface area contributed by atoms with Crippen LogP contribution >= 0.6 is 0 Å². The van der Waals surface area contributed by atoms with Crippen LogP contribution in [0.5, 0.6) is 5.75 Å². The summed E-state index contributed by atoms with van der Waals surface area (Å²) in [5.41, 5.74) is 1.14. The van der Waals surface area contributed by atoms with Crippen LogP contribution in [0, 0.1) is 12.3 Å². The SMILES string of the molecule is CCC(C)(C)CNC(=O)c1cccc(C)c1O. The number of hydrogen-bond donors (Lipinski definition) is 2. The molecule has 0 aliphatic heterocycles. The van der Waals surface area contributed by atoms with E-state index in [0.717, 1.165) is 6.42 Å². The largest absolute Gasteiger partial charge is 0.507 e. The zero-order valence-corrected chi connectivity index (χ0v) is 11.0. The topological polar surface area (TPSA) is 49.3 Å². The summed E-state index contributed by atoms with van der Waals surface area (Å²) >= 11 is 0. The number of phenolic OH excluding ortho intramolecular Hbond substituents is 1. The van der Waals surface area contributed by atoms with Gasteiger partial charge in [-0.15, -0.1) is 0 Å². The first-order valence-corrected chi connectivity index (χ1v) is 5.94. The van der Waals surface area contributed by atoms with Crippen molar-refractivity contribution in [2.45, 2.75) is 34.1 Å². The van der Waals surface area contributed by atoms with E-state index in [1.54, 1.807) is 25.1 Å². The number of para-hydroxylation sites is 1. The first-order valence-electron chi connectivity index (χ1n) is 5.94. The third-order valence-electron chi connectivity index (χ3n) is 3.17. The van der Waals surface area contributed by atoms with E-state index in [4.69, 9.17) is 0 Å². The van der Waals surface area contributed by atoms with Gasteiger partial charge in [0.2, 0.25) is 0 Å². The molecule has 0 saturated heterocycles. The van der Waals surface area contributed by atoms with Crippen LogP contribution < -0.4 is 5.32 Å². The summed E-state index contributed by atoms with van der Waals surface area (Å²) in [6.45, 7) is 8.68. The number of carbonyl (C=O) groups excluding carboxylic acids is 1. The number of amides is 1. The first-order chi connectivity index (χ1) is 7.87. The molecular formula is C14H21NO2. The Morgan fingerprint density at radius 3 is 2.65 bits per heavy atom. The lowest BCUT2D eigenvalue weighted by molar-refractivity contribution is 0.0933. The Kier molecular flexibility index (Phi) is 4.16. The van der Waals surface area contributed by atoms with E-state index >= 15 is 0 Å². The fraction of sp³-hybridized carbons (Fsp3) is 0.500. The minimum absolute atomic E-state index is 0.0688. The molecule has 0 fully saturated rings. The van der Waals surface area contributed by atoms with Crippen LogP contribution in [-0.2, 0) is 0 Å². The number of nitrogens with one attached hydrogen (secondary N) is 1. The summed E-state index contributed by atoms with van der Waals surface area (Å²) in [6, 6.07) is 5.19. The molecule has 0 aromatic heterocycles. The summed E-state index contributed by atoms with van der Waals surface area (Å²) in [4.78, 5) is 11.9. The molecule has 0 heterocycles. The molecule has 17 heavy (non-hydrogen) atoms. The van der Waals surface area contributed by atoms with Gasteiger partial charge in [0.1, 0.15) is 5.75 Å². The molecule has 1 aromatic carbocycles. The zero-order chi connectivity index (χ0) is 13.1. The Bertz CT molecular complexity index is 411. The van der Waals surface area contributed by atoms with Crippen molar-refractivity contribution in [3.05, 3.63) is 29.3 Å². The van der Waals surface area contributed by atoms with Crippen LogP contribution in [0.25, 0.3) is 0 Å². The summed E-state index contributed by atoms with van der Waals surface area (Å²) in [5, 5.41) is 12.7. The summed E-state index contributed by atoms with van der Waals surface area (Å²) < 4.78 is 0. The predicted molar refractivity (Wildman–Crippen MR) is 69.2 cm³/mol. The number of aromatic hydroxyl groups is 1. The zero-order valence-electron chi connectivity index (χ0n) is 11.0. The highest BCUT2D eigenvalue weighted by atomic mass is 16.3. The molecule has 0 unspecified atom stereocenters. The minimum Gasteiger partial charge on any atom is -0.507 e. The summed E-state index contributed by atoms with van der Waals surface area (Å²) in [5.74, 6) is -0.146. The van der Waals surface area contributed by atoms with Gasteiger partial charge in [0.25, 0.3) is 5.91 Å². The van der Waals surface area contributed by atoms with Gasteiger partial charge >= 0.3 is 0 Å². The van der Waals surface area contributed by atoms with Crippen LogP contribution in [0.1, 0.15) is 43.1 Å². The van der Waals surface area contributed by atoms with Crippen molar-refractivity contribution in [3.63, 3.8) is 0 Å². The highest BCUT2D eigenvalue weighted by Gasteiger charge is 2.18. The Hall–Kier alpha value is -1.51. The third kappa shape index (κ3) is 3.48. The van der Waals surface area contributed by atoms with Crippen molar-refractivity contribution in [2.24, 2.45) is 5.41 Å². The van der Waals surface area contributed by atoms with Crippen LogP contribution in [0.3, 0.4) is 0 Å². The van der Waals surface area contributed by atoms with Gasteiger partial charge in [-0.2, -0.15) is 0 Å². The van der Waals surface area contributed by atoms with E-state index < -0.39 is 0 Å². The molecule has 0 radical (unpaired) electrons. The van der Waals surface area contributed by atoms with Crippen LogP contribution in [-0.4, -0.2) is 17.6 Å². The molecule has 1 amide bonds. The number of phenols is 1. The van der Waals surface area contributed by atoms with Crippen LogP contribution in [0.15, 0.2) is 18.2 Å². The Balaban J connectivity index is 2.74. The molecule has 0 saturated carbocycles. The Labute approximate surface area is 103 Å². The van der Waals surface area contributed by atoms with E-state index in [-0.39, 0.29) is 17.1 Å². The molecule has 2 N–H and O–H groups in total. The summed E-state index contributed by atoms with van der Waals surface area (Å²) in [7, 11) is 0. The molecule has 0 aliphatic rings. The lowest BCUT2D eigenvalue weighted by Crippen LogP contribution is -2.33. The van der Waals surface area contributed by atoms with Gasteiger partial charge < -0.3 is 10.4 Å². The lowest BCUT2D eigenvalue weighted by Gasteiger charge is -2.23. The maximum absolute atomic E-state index is 11.9. The maximum Gasteiger partial charge on any atom is 0.255 e. The Morgan fingerprint density at radius 2 is 2.06 bits per heavy atom. The van der Waals surface area contributed by atoms with Gasteiger partial charge in [-0.05, 0) is 30.4 Å². The number of rotatable bonds is 4. The molecule has 94 valence electrons. The second-order valence-electron chi connectivity index (χ2n) is 5.17. The first kappa shape index (κ1) is 13.6. The highest BCUT2D eigenvalue weighted by molar-refractivity contribution is 5.97. The van der Waals surface area contributed by atoms with Crippen molar-refractivity contribution < 1.29 is 9.90 Å². The molecular weight excluding hydrogens is 214 g/mol. The van der Waals surface area contributed by atoms with Crippen molar-refractivity contribution >= 4 is 5.91 Å². The van der Waals surface area contributed by atoms with Gasteiger partial charge in [0.15, 0.2) is 0 Å². The quantitative estimate of drug-likeness (QED) is 0.843. The molecule has 0 atom stereocenters. The van der Waals surface area contributed by atoms with E-state index in [0.29, 0.717) is 17.7 Å². The second kappa shape index (κ2) is 5.21. The van der Waals surface area contributed by atoms with Gasteiger partial charge in [-0.3, -0.25) is 4.79 Å². The number of aryl methyl sites for hydroxylation is 1. The number of hydrogen-bond acceptors (Lipinski definition) is 2. The van der Waals surface area contributed by atoms with Crippen molar-refractivity contribution in [1.29, 1.82) is 0 Å². The van der Waals surface area contributed by atoms with Crippen molar-refractivity contribution in [2.75, 3.05) is 6.54 Å². The van der Waals surface area contributed by atoms with E-state index in [9.17, 15) is 9.90 Å².